The maximum atomic E-state index is 12.9. The summed E-state index contributed by atoms with van der Waals surface area (Å²) in [5.41, 5.74) is 1.11. The Morgan fingerprint density at radius 2 is 1.70 bits per heavy atom. The van der Waals surface area contributed by atoms with Gasteiger partial charge in [-0.1, -0.05) is 19.8 Å². The van der Waals surface area contributed by atoms with E-state index >= 15 is 0 Å². The number of unbranched alkanes of at least 4 members (excludes halogenated alkanes) is 2. The summed E-state index contributed by atoms with van der Waals surface area (Å²) in [5.74, 6) is 0. The van der Waals surface area contributed by atoms with Crippen LogP contribution in [-0.4, -0.2) is 19.8 Å². The molecule has 20 heavy (non-hydrogen) atoms. The average molecular weight is 303 g/mol. The lowest BCUT2D eigenvalue weighted by atomic mass is 10.0. The summed E-state index contributed by atoms with van der Waals surface area (Å²) in [6.45, 7) is 7.72. The summed E-state index contributed by atoms with van der Waals surface area (Å²) in [6.07, 6.45) is 7.60. The van der Waals surface area contributed by atoms with Crippen molar-refractivity contribution in [3.63, 3.8) is 0 Å². The van der Waals surface area contributed by atoms with E-state index in [0.717, 1.165) is 49.7 Å². The highest BCUT2D eigenvalue weighted by molar-refractivity contribution is 7.58. The van der Waals surface area contributed by atoms with Gasteiger partial charge in [-0.25, -0.2) is 0 Å². The molecule has 1 aliphatic rings. The van der Waals surface area contributed by atoms with Crippen LogP contribution in [0.5, 0.6) is 0 Å². The molecule has 0 unspecified atom stereocenters. The molecular formula is C15H30NO3P. The first kappa shape index (κ1) is 17.7. The smallest absolute Gasteiger partial charge is 0.359 e. The van der Waals surface area contributed by atoms with Gasteiger partial charge in [0.25, 0.3) is 0 Å². The van der Waals surface area contributed by atoms with Gasteiger partial charge in [-0.2, -0.15) is 0 Å². The zero-order valence-corrected chi connectivity index (χ0v) is 14.1. The fourth-order valence-corrected chi connectivity index (χ4v) is 4.55. The largest absolute Gasteiger partial charge is 0.388 e. The molecule has 5 heteroatoms. The van der Waals surface area contributed by atoms with Crippen molar-refractivity contribution in [3.8, 4) is 0 Å². The Labute approximate surface area is 123 Å². The first-order valence-corrected chi connectivity index (χ1v) is 9.57. The molecule has 0 aliphatic heterocycles. The summed E-state index contributed by atoms with van der Waals surface area (Å²) in [7, 11) is -3.09. The van der Waals surface area contributed by atoms with Crippen LogP contribution in [0.2, 0.25) is 0 Å². The lowest BCUT2D eigenvalue weighted by Crippen LogP contribution is -2.20. The molecule has 0 aromatic heterocycles. The van der Waals surface area contributed by atoms with Crippen LogP contribution in [0.4, 0.5) is 0 Å². The maximum absolute atomic E-state index is 12.9. The molecule has 4 nitrogen and oxygen atoms in total. The quantitative estimate of drug-likeness (QED) is 0.464. The Balaban J connectivity index is 2.81. The van der Waals surface area contributed by atoms with E-state index in [1.165, 1.54) is 12.8 Å². The molecule has 0 heterocycles. The Morgan fingerprint density at radius 3 is 2.30 bits per heavy atom. The van der Waals surface area contributed by atoms with E-state index in [-0.39, 0.29) is 0 Å². The van der Waals surface area contributed by atoms with E-state index in [2.05, 4.69) is 12.2 Å². The second kappa shape index (κ2) is 9.59. The highest BCUT2D eigenvalue weighted by Gasteiger charge is 2.33. The van der Waals surface area contributed by atoms with Gasteiger partial charge in [0.1, 0.15) is 0 Å². The minimum atomic E-state index is -3.09. The standard InChI is InChI=1S/C15H30NO3P/c1-4-7-10-13-16-14-11-8-9-12-15(14)20(17,18-5-2)19-6-3/h16H,4-13H2,1-3H3. The zero-order chi connectivity index (χ0) is 14.8. The summed E-state index contributed by atoms with van der Waals surface area (Å²) in [5, 5.41) is 4.37. The highest BCUT2D eigenvalue weighted by atomic mass is 31.2. The molecule has 0 saturated carbocycles. The molecule has 0 aromatic carbocycles. The monoisotopic (exact) mass is 303 g/mol. The first-order chi connectivity index (χ1) is 9.68. The Hall–Kier alpha value is -0.310. The van der Waals surface area contributed by atoms with Crippen molar-refractivity contribution in [1.29, 1.82) is 0 Å². The van der Waals surface area contributed by atoms with Crippen LogP contribution in [0, 0.1) is 0 Å². The second-order valence-electron chi connectivity index (χ2n) is 5.10. The lowest BCUT2D eigenvalue weighted by Gasteiger charge is -2.27. The number of hydrogen-bond donors (Lipinski definition) is 1. The SMILES string of the molecule is CCCCCNC1=C(P(=O)(OCC)OCC)CCCC1. The number of nitrogens with one attached hydrogen (secondary N) is 1. The van der Waals surface area contributed by atoms with Gasteiger partial charge in [0.2, 0.25) is 0 Å². The van der Waals surface area contributed by atoms with Gasteiger partial charge in [0.15, 0.2) is 0 Å². The molecule has 118 valence electrons. The van der Waals surface area contributed by atoms with Gasteiger partial charge in [-0.15, -0.1) is 0 Å². The molecule has 0 bridgehead atoms. The Morgan fingerprint density at radius 1 is 1.05 bits per heavy atom. The molecule has 0 aromatic rings. The van der Waals surface area contributed by atoms with E-state index in [0.29, 0.717) is 13.2 Å². The molecule has 1 rings (SSSR count). The predicted molar refractivity (Wildman–Crippen MR) is 83.9 cm³/mol. The third kappa shape index (κ3) is 5.23. The summed E-state index contributed by atoms with van der Waals surface area (Å²) >= 11 is 0. The van der Waals surface area contributed by atoms with E-state index in [4.69, 9.17) is 9.05 Å². The summed E-state index contributed by atoms with van der Waals surface area (Å²) in [6, 6.07) is 0. The van der Waals surface area contributed by atoms with Gasteiger partial charge >= 0.3 is 7.60 Å². The molecule has 0 amide bonds. The molecule has 0 saturated heterocycles. The first-order valence-electron chi connectivity index (χ1n) is 8.03. The maximum Gasteiger partial charge on any atom is 0.359 e. The van der Waals surface area contributed by atoms with Crippen molar-refractivity contribution in [1.82, 2.24) is 5.32 Å². The van der Waals surface area contributed by atoms with Crippen LogP contribution in [0.25, 0.3) is 0 Å². The van der Waals surface area contributed by atoms with Crippen LogP contribution in [0.3, 0.4) is 0 Å². The lowest BCUT2D eigenvalue weighted by molar-refractivity contribution is 0.224. The van der Waals surface area contributed by atoms with Crippen molar-refractivity contribution in [2.75, 3.05) is 19.8 Å². The molecule has 0 radical (unpaired) electrons. The highest BCUT2D eigenvalue weighted by Crippen LogP contribution is 2.59. The van der Waals surface area contributed by atoms with Crippen molar-refractivity contribution in [3.05, 3.63) is 11.0 Å². The van der Waals surface area contributed by atoms with E-state index in [9.17, 15) is 4.57 Å². The third-order valence-corrected chi connectivity index (χ3v) is 5.84. The fourth-order valence-electron chi connectivity index (χ4n) is 2.53. The van der Waals surface area contributed by atoms with Crippen LogP contribution in [0.15, 0.2) is 11.0 Å². The van der Waals surface area contributed by atoms with E-state index in [1.807, 2.05) is 13.8 Å². The fraction of sp³-hybridized carbons (Fsp3) is 0.867. The van der Waals surface area contributed by atoms with Crippen molar-refractivity contribution >= 4 is 7.60 Å². The van der Waals surface area contributed by atoms with Crippen molar-refractivity contribution in [2.24, 2.45) is 0 Å². The minimum Gasteiger partial charge on any atom is -0.388 e. The zero-order valence-electron chi connectivity index (χ0n) is 13.2. The summed E-state index contributed by atoms with van der Waals surface area (Å²) < 4.78 is 23.9. The van der Waals surface area contributed by atoms with Gasteiger partial charge in [-0.3, -0.25) is 4.57 Å². The third-order valence-electron chi connectivity index (χ3n) is 3.49. The van der Waals surface area contributed by atoms with Gasteiger partial charge in [0, 0.05) is 12.2 Å². The van der Waals surface area contributed by atoms with Gasteiger partial charge in [-0.05, 0) is 46.0 Å². The van der Waals surface area contributed by atoms with Crippen molar-refractivity contribution in [2.45, 2.75) is 65.7 Å². The van der Waals surface area contributed by atoms with E-state index in [1.54, 1.807) is 0 Å². The normalized spacial score (nSPS) is 16.6. The van der Waals surface area contributed by atoms with Crippen LogP contribution in [0.1, 0.15) is 65.7 Å². The molecule has 0 atom stereocenters. The average Bonchev–Trinajstić information content (AvgIpc) is 2.44. The van der Waals surface area contributed by atoms with E-state index < -0.39 is 7.60 Å². The number of allylic oxidation sites excluding steroid dienone is 2. The van der Waals surface area contributed by atoms with Crippen LogP contribution in [-0.2, 0) is 13.6 Å². The van der Waals surface area contributed by atoms with Crippen LogP contribution < -0.4 is 5.32 Å². The summed E-state index contributed by atoms with van der Waals surface area (Å²) in [4.78, 5) is 0. The second-order valence-corrected chi connectivity index (χ2v) is 7.15. The van der Waals surface area contributed by atoms with Gasteiger partial charge < -0.3 is 14.4 Å². The number of hydrogen-bond acceptors (Lipinski definition) is 4. The Bertz CT molecular complexity index is 345. The number of rotatable bonds is 10. The predicted octanol–water partition coefficient (Wildman–Crippen LogP) is 4.82. The van der Waals surface area contributed by atoms with Gasteiger partial charge in [0.05, 0.1) is 18.5 Å². The minimum absolute atomic E-state index is 0.421. The van der Waals surface area contributed by atoms with Crippen molar-refractivity contribution < 1.29 is 13.6 Å². The molecule has 1 aliphatic carbocycles. The topological polar surface area (TPSA) is 47.6 Å². The van der Waals surface area contributed by atoms with Crippen LogP contribution >= 0.6 is 7.60 Å². The Kier molecular flexibility index (Phi) is 8.51. The molecular weight excluding hydrogens is 273 g/mol. The molecule has 1 N–H and O–H groups in total. The molecule has 0 spiro atoms. The molecule has 0 fully saturated rings.